The van der Waals surface area contributed by atoms with Gasteiger partial charge in [0.25, 0.3) is 0 Å². The summed E-state index contributed by atoms with van der Waals surface area (Å²) in [7, 11) is 0. The maximum absolute atomic E-state index is 9.02. The van der Waals surface area contributed by atoms with Gasteiger partial charge in [0.15, 0.2) is 0 Å². The minimum Gasteiger partial charge on any atom is -0.492 e. The molecule has 1 aromatic rings. The molecule has 1 rings (SSSR count). The van der Waals surface area contributed by atoms with Crippen molar-refractivity contribution in [1.29, 1.82) is 5.26 Å². The lowest BCUT2D eigenvalue weighted by atomic mass is 10.1. The van der Waals surface area contributed by atoms with E-state index in [9.17, 15) is 0 Å². The monoisotopic (exact) mass is 203 g/mol. The molecule has 2 nitrogen and oxygen atoms in total. The fourth-order valence-electron chi connectivity index (χ4n) is 1.51. The van der Waals surface area contributed by atoms with E-state index in [0.29, 0.717) is 12.2 Å². The largest absolute Gasteiger partial charge is 0.492 e. The predicted octanol–water partition coefficient (Wildman–Crippen LogP) is 3.35. The molecule has 0 radical (unpaired) electrons. The van der Waals surface area contributed by atoms with Gasteiger partial charge in [-0.1, -0.05) is 19.4 Å². The van der Waals surface area contributed by atoms with E-state index in [-0.39, 0.29) is 0 Å². The highest BCUT2D eigenvalue weighted by Crippen LogP contribution is 2.23. The van der Waals surface area contributed by atoms with Crippen molar-refractivity contribution in [2.75, 3.05) is 6.61 Å². The number of nitriles is 1. The molecule has 0 aromatic heterocycles. The summed E-state index contributed by atoms with van der Waals surface area (Å²) in [5.74, 6) is 0.725. The average Bonchev–Trinajstić information content (AvgIpc) is 2.17. The molecule has 2 heteroatoms. The van der Waals surface area contributed by atoms with Gasteiger partial charge < -0.3 is 4.74 Å². The number of ether oxygens (including phenoxy) is 1. The van der Waals surface area contributed by atoms with Crippen LogP contribution < -0.4 is 4.74 Å². The molecule has 0 spiro atoms. The first-order valence-electron chi connectivity index (χ1n) is 5.33. The molecule has 0 fully saturated rings. The fraction of sp³-hybridized carbons (Fsp3) is 0.462. The van der Waals surface area contributed by atoms with Crippen LogP contribution in [-0.2, 0) is 0 Å². The third-order valence-corrected chi connectivity index (χ3v) is 2.31. The van der Waals surface area contributed by atoms with Crippen LogP contribution in [0.15, 0.2) is 12.1 Å². The number of hydrogen-bond acceptors (Lipinski definition) is 2. The Morgan fingerprint density at radius 2 is 2.07 bits per heavy atom. The Labute approximate surface area is 91.5 Å². The van der Waals surface area contributed by atoms with Crippen LogP contribution in [0.2, 0.25) is 0 Å². The zero-order valence-electron chi connectivity index (χ0n) is 9.63. The molecule has 80 valence electrons. The number of rotatable bonds is 4. The third kappa shape index (κ3) is 2.99. The summed E-state index contributed by atoms with van der Waals surface area (Å²) in [5, 5.41) is 9.02. The summed E-state index contributed by atoms with van der Waals surface area (Å²) in [4.78, 5) is 0. The summed E-state index contributed by atoms with van der Waals surface area (Å²) in [6.45, 7) is 6.77. The van der Waals surface area contributed by atoms with E-state index in [1.165, 1.54) is 0 Å². The molecule has 0 aliphatic carbocycles. The number of aryl methyl sites for hydroxylation is 2. The van der Waals surface area contributed by atoms with Crippen LogP contribution in [0.3, 0.4) is 0 Å². The Balaban J connectivity index is 2.90. The highest BCUT2D eigenvalue weighted by molar-refractivity contribution is 5.50. The van der Waals surface area contributed by atoms with Crippen LogP contribution in [0.5, 0.6) is 5.75 Å². The van der Waals surface area contributed by atoms with E-state index in [1.807, 2.05) is 26.0 Å². The summed E-state index contributed by atoms with van der Waals surface area (Å²) in [5.41, 5.74) is 2.79. The summed E-state index contributed by atoms with van der Waals surface area (Å²) in [6, 6.07) is 6.13. The second-order valence-corrected chi connectivity index (χ2v) is 3.77. The maximum atomic E-state index is 9.02. The van der Waals surface area contributed by atoms with Crippen LogP contribution in [-0.4, -0.2) is 6.61 Å². The lowest BCUT2D eigenvalue weighted by molar-refractivity contribution is 0.308. The van der Waals surface area contributed by atoms with Gasteiger partial charge in [0.1, 0.15) is 11.8 Å². The topological polar surface area (TPSA) is 33.0 Å². The molecular formula is C13H17NO. The molecule has 0 N–H and O–H groups in total. The van der Waals surface area contributed by atoms with Gasteiger partial charge in [0, 0.05) is 0 Å². The molecular weight excluding hydrogens is 186 g/mol. The Hall–Kier alpha value is -1.49. The van der Waals surface area contributed by atoms with Gasteiger partial charge in [-0.25, -0.2) is 0 Å². The van der Waals surface area contributed by atoms with E-state index in [1.54, 1.807) is 0 Å². The van der Waals surface area contributed by atoms with Gasteiger partial charge in [-0.05, 0) is 37.5 Å². The normalized spacial score (nSPS) is 9.73. The first kappa shape index (κ1) is 11.6. The minimum atomic E-state index is 0.664. The van der Waals surface area contributed by atoms with E-state index >= 15 is 0 Å². The van der Waals surface area contributed by atoms with Crippen molar-refractivity contribution in [3.63, 3.8) is 0 Å². The van der Waals surface area contributed by atoms with Gasteiger partial charge in [-0.15, -0.1) is 0 Å². The molecule has 1 aromatic carbocycles. The smallest absolute Gasteiger partial charge is 0.137 e. The van der Waals surface area contributed by atoms with Crippen LogP contribution >= 0.6 is 0 Å². The molecule has 0 amide bonds. The predicted molar refractivity (Wildman–Crippen MR) is 61.0 cm³/mol. The van der Waals surface area contributed by atoms with E-state index in [4.69, 9.17) is 10.00 Å². The van der Waals surface area contributed by atoms with Crippen molar-refractivity contribution in [2.45, 2.75) is 33.6 Å². The molecule has 0 aliphatic rings. The van der Waals surface area contributed by atoms with Crippen LogP contribution in [0.25, 0.3) is 0 Å². The summed E-state index contributed by atoms with van der Waals surface area (Å²) in [6.07, 6.45) is 2.13. The quantitative estimate of drug-likeness (QED) is 0.703. The summed E-state index contributed by atoms with van der Waals surface area (Å²) >= 11 is 0. The highest BCUT2D eigenvalue weighted by atomic mass is 16.5. The van der Waals surface area contributed by atoms with Crippen molar-refractivity contribution in [1.82, 2.24) is 0 Å². The third-order valence-electron chi connectivity index (χ3n) is 2.31. The van der Waals surface area contributed by atoms with Crippen molar-refractivity contribution in [3.05, 3.63) is 28.8 Å². The Morgan fingerprint density at radius 1 is 1.33 bits per heavy atom. The first-order chi connectivity index (χ1) is 7.19. The average molecular weight is 203 g/mol. The van der Waals surface area contributed by atoms with Crippen LogP contribution in [0.4, 0.5) is 0 Å². The SMILES string of the molecule is CCCCOc1cc(C)cc(C)c1C#N. The Morgan fingerprint density at radius 3 is 2.67 bits per heavy atom. The molecule has 0 saturated carbocycles. The highest BCUT2D eigenvalue weighted by Gasteiger charge is 2.07. The minimum absolute atomic E-state index is 0.664. The van der Waals surface area contributed by atoms with Crippen molar-refractivity contribution < 1.29 is 4.74 Å². The summed E-state index contributed by atoms with van der Waals surface area (Å²) < 4.78 is 5.61. The molecule has 0 bridgehead atoms. The lowest BCUT2D eigenvalue weighted by Gasteiger charge is -2.10. The lowest BCUT2D eigenvalue weighted by Crippen LogP contribution is -2.00. The van der Waals surface area contributed by atoms with E-state index in [2.05, 4.69) is 13.0 Å². The van der Waals surface area contributed by atoms with Gasteiger partial charge in [-0.2, -0.15) is 5.26 Å². The second kappa shape index (κ2) is 5.41. The van der Waals surface area contributed by atoms with Gasteiger partial charge in [0.05, 0.1) is 12.2 Å². The van der Waals surface area contributed by atoms with E-state index < -0.39 is 0 Å². The zero-order valence-corrected chi connectivity index (χ0v) is 9.63. The Kier molecular flexibility index (Phi) is 4.17. The van der Waals surface area contributed by atoms with Crippen molar-refractivity contribution in [3.8, 4) is 11.8 Å². The number of unbranched alkanes of at least 4 members (excludes halogenated alkanes) is 1. The number of benzene rings is 1. The standard InChI is InChI=1S/C13H17NO/c1-4-5-6-15-13-8-10(2)7-11(3)12(13)9-14/h7-8H,4-6H2,1-3H3. The first-order valence-corrected chi connectivity index (χ1v) is 5.33. The van der Waals surface area contributed by atoms with Gasteiger partial charge in [0.2, 0.25) is 0 Å². The van der Waals surface area contributed by atoms with Crippen LogP contribution in [0.1, 0.15) is 36.5 Å². The molecule has 0 saturated heterocycles. The van der Waals surface area contributed by atoms with Gasteiger partial charge >= 0.3 is 0 Å². The fourth-order valence-corrected chi connectivity index (χ4v) is 1.51. The number of nitrogens with zero attached hydrogens (tertiary/aromatic N) is 1. The molecule has 15 heavy (non-hydrogen) atoms. The number of hydrogen-bond donors (Lipinski definition) is 0. The maximum Gasteiger partial charge on any atom is 0.137 e. The Bertz CT molecular complexity index is 377. The molecule has 0 aliphatic heterocycles. The van der Waals surface area contributed by atoms with E-state index in [0.717, 1.165) is 29.7 Å². The molecule has 0 atom stereocenters. The van der Waals surface area contributed by atoms with Crippen LogP contribution in [0, 0.1) is 25.2 Å². The molecule has 0 heterocycles. The second-order valence-electron chi connectivity index (χ2n) is 3.77. The zero-order chi connectivity index (χ0) is 11.3. The molecule has 0 unspecified atom stereocenters. The van der Waals surface area contributed by atoms with Crippen molar-refractivity contribution >= 4 is 0 Å². The van der Waals surface area contributed by atoms with Gasteiger partial charge in [-0.3, -0.25) is 0 Å². The van der Waals surface area contributed by atoms with Crippen molar-refractivity contribution in [2.24, 2.45) is 0 Å².